The summed E-state index contributed by atoms with van der Waals surface area (Å²) in [6.45, 7) is 1.81. The van der Waals surface area contributed by atoms with E-state index in [1.165, 1.54) is 18.2 Å². The summed E-state index contributed by atoms with van der Waals surface area (Å²) in [4.78, 5) is 0. The van der Waals surface area contributed by atoms with Gasteiger partial charge in [0.1, 0.15) is 11.6 Å². The van der Waals surface area contributed by atoms with Crippen LogP contribution in [-0.4, -0.2) is 0 Å². The Kier molecular flexibility index (Phi) is 4.24. The number of nitrogens with two attached hydrogens (primary N) is 1. The van der Waals surface area contributed by atoms with E-state index in [1.54, 1.807) is 24.3 Å². The second kappa shape index (κ2) is 5.91. The molecule has 0 amide bonds. The molecule has 0 aliphatic rings. The van der Waals surface area contributed by atoms with E-state index in [0.29, 0.717) is 12.0 Å². The largest absolute Gasteiger partial charge is 0.271 e. The van der Waals surface area contributed by atoms with Crippen LogP contribution in [-0.2, 0) is 6.42 Å². The molecular weight excluding hydrogens is 246 g/mol. The van der Waals surface area contributed by atoms with Crippen molar-refractivity contribution in [2.75, 3.05) is 0 Å². The van der Waals surface area contributed by atoms with Gasteiger partial charge in [0.25, 0.3) is 0 Å². The predicted molar refractivity (Wildman–Crippen MR) is 71.3 cm³/mol. The van der Waals surface area contributed by atoms with Crippen molar-refractivity contribution in [3.63, 3.8) is 0 Å². The third kappa shape index (κ3) is 3.16. The molecule has 0 aliphatic carbocycles. The monoisotopic (exact) mass is 262 g/mol. The van der Waals surface area contributed by atoms with Gasteiger partial charge >= 0.3 is 0 Å². The Bertz CT molecular complexity index is 570. The highest BCUT2D eigenvalue weighted by atomic mass is 19.1. The SMILES string of the molecule is Cc1cc(F)ccc1C(Cc1ccccc1F)NN. The lowest BCUT2D eigenvalue weighted by molar-refractivity contribution is 0.525. The summed E-state index contributed by atoms with van der Waals surface area (Å²) >= 11 is 0. The van der Waals surface area contributed by atoms with E-state index >= 15 is 0 Å². The van der Waals surface area contributed by atoms with E-state index in [2.05, 4.69) is 5.43 Å². The van der Waals surface area contributed by atoms with Crippen LogP contribution in [0.15, 0.2) is 42.5 Å². The molecule has 0 fully saturated rings. The molecule has 1 unspecified atom stereocenters. The number of hydrogen-bond acceptors (Lipinski definition) is 2. The van der Waals surface area contributed by atoms with Crippen LogP contribution in [0, 0.1) is 18.6 Å². The maximum atomic E-state index is 13.6. The number of hydrogen-bond donors (Lipinski definition) is 2. The first-order chi connectivity index (χ1) is 9.11. The van der Waals surface area contributed by atoms with Gasteiger partial charge < -0.3 is 0 Å². The van der Waals surface area contributed by atoms with Crippen LogP contribution in [0.5, 0.6) is 0 Å². The van der Waals surface area contributed by atoms with Crippen molar-refractivity contribution in [1.82, 2.24) is 5.43 Å². The van der Waals surface area contributed by atoms with Gasteiger partial charge in [-0.2, -0.15) is 0 Å². The van der Waals surface area contributed by atoms with E-state index in [9.17, 15) is 8.78 Å². The van der Waals surface area contributed by atoms with Crippen molar-refractivity contribution in [3.8, 4) is 0 Å². The smallest absolute Gasteiger partial charge is 0.126 e. The molecule has 100 valence electrons. The molecule has 2 aromatic carbocycles. The topological polar surface area (TPSA) is 38.0 Å². The Morgan fingerprint density at radius 1 is 1.16 bits per heavy atom. The minimum Gasteiger partial charge on any atom is -0.271 e. The van der Waals surface area contributed by atoms with Gasteiger partial charge in [0.15, 0.2) is 0 Å². The number of halogens is 2. The average Bonchev–Trinajstić information content (AvgIpc) is 2.39. The van der Waals surface area contributed by atoms with Crippen LogP contribution in [0.25, 0.3) is 0 Å². The molecule has 1 atom stereocenters. The fourth-order valence-electron chi connectivity index (χ4n) is 2.17. The van der Waals surface area contributed by atoms with E-state index < -0.39 is 0 Å². The van der Waals surface area contributed by atoms with Gasteiger partial charge in [-0.05, 0) is 48.2 Å². The van der Waals surface area contributed by atoms with Gasteiger partial charge in [-0.15, -0.1) is 0 Å². The predicted octanol–water partition coefficient (Wildman–Crippen LogP) is 3.02. The zero-order valence-electron chi connectivity index (χ0n) is 10.7. The van der Waals surface area contributed by atoms with Crippen LogP contribution in [0.2, 0.25) is 0 Å². The molecule has 2 aromatic rings. The van der Waals surface area contributed by atoms with E-state index in [-0.39, 0.29) is 17.7 Å². The average molecular weight is 262 g/mol. The van der Waals surface area contributed by atoms with Gasteiger partial charge in [-0.25, -0.2) is 8.78 Å². The van der Waals surface area contributed by atoms with E-state index in [1.807, 2.05) is 6.92 Å². The molecule has 0 spiro atoms. The van der Waals surface area contributed by atoms with Crippen molar-refractivity contribution in [3.05, 3.63) is 70.8 Å². The maximum absolute atomic E-state index is 13.6. The summed E-state index contributed by atoms with van der Waals surface area (Å²) in [5, 5.41) is 0. The van der Waals surface area contributed by atoms with Crippen molar-refractivity contribution in [1.29, 1.82) is 0 Å². The van der Waals surface area contributed by atoms with Gasteiger partial charge in [-0.3, -0.25) is 11.3 Å². The first-order valence-corrected chi connectivity index (χ1v) is 6.07. The van der Waals surface area contributed by atoms with Crippen molar-refractivity contribution in [2.24, 2.45) is 5.84 Å². The summed E-state index contributed by atoms with van der Waals surface area (Å²) < 4.78 is 26.7. The molecule has 0 saturated carbocycles. The highest BCUT2D eigenvalue weighted by Crippen LogP contribution is 2.23. The normalized spacial score (nSPS) is 12.4. The van der Waals surface area contributed by atoms with E-state index in [0.717, 1.165) is 11.1 Å². The Labute approximate surface area is 111 Å². The number of benzene rings is 2. The molecule has 3 N–H and O–H groups in total. The van der Waals surface area contributed by atoms with Crippen molar-refractivity contribution < 1.29 is 8.78 Å². The van der Waals surface area contributed by atoms with Gasteiger partial charge in [0.2, 0.25) is 0 Å². The number of hydrazine groups is 1. The zero-order valence-corrected chi connectivity index (χ0v) is 10.7. The van der Waals surface area contributed by atoms with E-state index in [4.69, 9.17) is 5.84 Å². The molecule has 2 nitrogen and oxygen atoms in total. The zero-order chi connectivity index (χ0) is 13.8. The van der Waals surface area contributed by atoms with Crippen LogP contribution in [0.1, 0.15) is 22.7 Å². The summed E-state index contributed by atoms with van der Waals surface area (Å²) in [5.41, 5.74) is 4.90. The van der Waals surface area contributed by atoms with Crippen molar-refractivity contribution in [2.45, 2.75) is 19.4 Å². The quantitative estimate of drug-likeness (QED) is 0.656. The van der Waals surface area contributed by atoms with Gasteiger partial charge in [-0.1, -0.05) is 24.3 Å². The third-order valence-electron chi connectivity index (χ3n) is 3.19. The first kappa shape index (κ1) is 13.6. The molecular formula is C15H16F2N2. The minimum absolute atomic E-state index is 0.252. The summed E-state index contributed by atoms with van der Waals surface area (Å²) in [5.74, 6) is 4.99. The molecule has 0 bridgehead atoms. The Morgan fingerprint density at radius 3 is 2.53 bits per heavy atom. The fraction of sp³-hybridized carbons (Fsp3) is 0.200. The Hall–Kier alpha value is -1.78. The number of nitrogens with one attached hydrogen (secondary N) is 1. The minimum atomic E-state index is -0.289. The second-order valence-electron chi connectivity index (χ2n) is 4.52. The highest BCUT2D eigenvalue weighted by Gasteiger charge is 2.15. The fourth-order valence-corrected chi connectivity index (χ4v) is 2.17. The number of rotatable bonds is 4. The van der Waals surface area contributed by atoms with Crippen LogP contribution >= 0.6 is 0 Å². The van der Waals surface area contributed by atoms with Gasteiger partial charge in [0.05, 0.1) is 6.04 Å². The lowest BCUT2D eigenvalue weighted by Gasteiger charge is -2.19. The summed E-state index contributed by atoms with van der Waals surface area (Å²) in [6.07, 6.45) is 0.412. The molecule has 0 aliphatic heterocycles. The molecule has 0 aromatic heterocycles. The lowest BCUT2D eigenvalue weighted by Crippen LogP contribution is -2.30. The molecule has 0 radical (unpaired) electrons. The Morgan fingerprint density at radius 2 is 1.89 bits per heavy atom. The molecule has 0 heterocycles. The Balaban J connectivity index is 2.28. The van der Waals surface area contributed by atoms with Crippen LogP contribution in [0.4, 0.5) is 8.78 Å². The lowest BCUT2D eigenvalue weighted by atomic mass is 9.95. The number of aryl methyl sites for hydroxylation is 1. The molecule has 2 rings (SSSR count). The van der Waals surface area contributed by atoms with Crippen LogP contribution < -0.4 is 11.3 Å². The molecule has 0 saturated heterocycles. The standard InChI is InChI=1S/C15H16F2N2/c1-10-8-12(16)6-7-13(10)15(19-18)9-11-4-2-3-5-14(11)17/h2-8,15,19H,9,18H2,1H3. The molecule has 19 heavy (non-hydrogen) atoms. The third-order valence-corrected chi connectivity index (χ3v) is 3.19. The van der Waals surface area contributed by atoms with Crippen LogP contribution in [0.3, 0.4) is 0 Å². The molecule has 4 heteroatoms. The van der Waals surface area contributed by atoms with Crippen molar-refractivity contribution >= 4 is 0 Å². The second-order valence-corrected chi connectivity index (χ2v) is 4.52. The maximum Gasteiger partial charge on any atom is 0.126 e. The highest BCUT2D eigenvalue weighted by molar-refractivity contribution is 5.31. The van der Waals surface area contributed by atoms with Gasteiger partial charge in [0, 0.05) is 0 Å². The summed E-state index contributed by atoms with van der Waals surface area (Å²) in [6, 6.07) is 10.8. The summed E-state index contributed by atoms with van der Waals surface area (Å²) in [7, 11) is 0. The first-order valence-electron chi connectivity index (χ1n) is 6.07.